The third-order valence-electron chi connectivity index (χ3n) is 5.06. The van der Waals surface area contributed by atoms with Crippen molar-refractivity contribution in [3.05, 3.63) is 51.7 Å². The van der Waals surface area contributed by atoms with Crippen molar-refractivity contribution in [3.63, 3.8) is 0 Å². The van der Waals surface area contributed by atoms with Crippen LogP contribution in [0.15, 0.2) is 35.7 Å². The fourth-order valence-corrected chi connectivity index (χ4v) is 4.39. The summed E-state index contributed by atoms with van der Waals surface area (Å²) in [5.41, 5.74) is 2.24. The lowest BCUT2D eigenvalue weighted by atomic mass is 10.0. The lowest BCUT2D eigenvalue weighted by molar-refractivity contribution is -0.141. The second kappa shape index (κ2) is 8.57. The smallest absolute Gasteiger partial charge is 0.242 e. The number of hydrogen-bond acceptors (Lipinski definition) is 4. The fraction of sp³-hybridized carbons (Fsp3) is 0.429. The van der Waals surface area contributed by atoms with E-state index in [-0.39, 0.29) is 24.4 Å². The van der Waals surface area contributed by atoms with Crippen molar-refractivity contribution < 1.29 is 14.3 Å². The van der Waals surface area contributed by atoms with Crippen molar-refractivity contribution in [2.45, 2.75) is 33.2 Å². The number of nitrogens with zero attached hydrogens (tertiary/aromatic N) is 2. The molecule has 5 nitrogen and oxygen atoms in total. The van der Waals surface area contributed by atoms with E-state index in [2.05, 4.69) is 11.4 Å². The standard InChI is InChI=1S/C21H26N2O3S/c1-4-22(16(3)24)13-21(25)23-11-9-20-17(10-12-27-20)18(23)14-26-19-8-6-5-7-15(19)2/h5-8,10,12,18H,4,9,11,13-14H2,1-3H3/t18-/m1/s1. The Kier molecular flexibility index (Phi) is 6.16. The molecule has 2 heterocycles. The van der Waals surface area contributed by atoms with Gasteiger partial charge < -0.3 is 14.5 Å². The third-order valence-corrected chi connectivity index (χ3v) is 6.06. The summed E-state index contributed by atoms with van der Waals surface area (Å²) in [6.07, 6.45) is 0.853. The van der Waals surface area contributed by atoms with E-state index in [4.69, 9.17) is 4.74 Å². The van der Waals surface area contributed by atoms with Crippen molar-refractivity contribution in [3.8, 4) is 5.75 Å². The van der Waals surface area contributed by atoms with E-state index in [1.807, 2.05) is 43.0 Å². The van der Waals surface area contributed by atoms with E-state index >= 15 is 0 Å². The number of para-hydroxylation sites is 1. The molecule has 1 aliphatic heterocycles. The van der Waals surface area contributed by atoms with Gasteiger partial charge in [0.25, 0.3) is 0 Å². The number of likely N-dealkylation sites (N-methyl/N-ethyl adjacent to an activating group) is 1. The van der Waals surface area contributed by atoms with Gasteiger partial charge in [-0.2, -0.15) is 0 Å². The minimum absolute atomic E-state index is 0.0257. The first-order valence-corrected chi connectivity index (χ1v) is 10.2. The van der Waals surface area contributed by atoms with Crippen LogP contribution >= 0.6 is 11.3 Å². The van der Waals surface area contributed by atoms with Crippen molar-refractivity contribution in [2.24, 2.45) is 0 Å². The highest BCUT2D eigenvalue weighted by molar-refractivity contribution is 7.10. The predicted octanol–water partition coefficient (Wildman–Crippen LogP) is 3.43. The summed E-state index contributed by atoms with van der Waals surface area (Å²) in [6, 6.07) is 9.87. The quantitative estimate of drug-likeness (QED) is 0.764. The summed E-state index contributed by atoms with van der Waals surface area (Å²) in [7, 11) is 0. The summed E-state index contributed by atoms with van der Waals surface area (Å²) < 4.78 is 6.09. The first kappa shape index (κ1) is 19.4. The monoisotopic (exact) mass is 386 g/mol. The van der Waals surface area contributed by atoms with Gasteiger partial charge in [-0.1, -0.05) is 18.2 Å². The van der Waals surface area contributed by atoms with Crippen LogP contribution in [0, 0.1) is 6.92 Å². The average molecular weight is 387 g/mol. The van der Waals surface area contributed by atoms with Gasteiger partial charge in [0.15, 0.2) is 0 Å². The Hall–Kier alpha value is -2.34. The molecule has 1 aromatic carbocycles. The molecule has 6 heteroatoms. The predicted molar refractivity (Wildman–Crippen MR) is 107 cm³/mol. The number of amides is 2. The molecule has 144 valence electrons. The Morgan fingerprint density at radius 2 is 2.07 bits per heavy atom. The number of ether oxygens (including phenoxy) is 1. The highest BCUT2D eigenvalue weighted by Gasteiger charge is 2.33. The van der Waals surface area contributed by atoms with Gasteiger partial charge in [-0.25, -0.2) is 0 Å². The van der Waals surface area contributed by atoms with E-state index in [1.54, 1.807) is 16.2 Å². The number of carbonyl (C=O) groups is 2. The van der Waals surface area contributed by atoms with Crippen LogP contribution in [0.1, 0.15) is 35.9 Å². The van der Waals surface area contributed by atoms with Gasteiger partial charge in [-0.05, 0) is 48.9 Å². The molecule has 0 saturated carbocycles. The minimum Gasteiger partial charge on any atom is -0.491 e. The largest absolute Gasteiger partial charge is 0.491 e. The molecular weight excluding hydrogens is 360 g/mol. The normalized spacial score (nSPS) is 16.0. The van der Waals surface area contributed by atoms with Gasteiger partial charge in [-0.15, -0.1) is 11.3 Å². The molecule has 1 aliphatic rings. The maximum Gasteiger partial charge on any atom is 0.242 e. The minimum atomic E-state index is -0.127. The molecule has 0 radical (unpaired) electrons. The van der Waals surface area contributed by atoms with E-state index in [1.165, 1.54) is 17.4 Å². The first-order chi connectivity index (χ1) is 13.0. The molecule has 0 N–H and O–H groups in total. The van der Waals surface area contributed by atoms with Crippen LogP contribution in [-0.2, 0) is 16.0 Å². The fourth-order valence-electron chi connectivity index (χ4n) is 3.46. The van der Waals surface area contributed by atoms with Crippen molar-refractivity contribution in [1.82, 2.24) is 9.80 Å². The number of benzene rings is 1. The number of rotatable bonds is 6. The van der Waals surface area contributed by atoms with Crippen LogP contribution in [0.3, 0.4) is 0 Å². The molecule has 3 rings (SSSR count). The zero-order chi connectivity index (χ0) is 19.4. The third kappa shape index (κ3) is 4.33. The van der Waals surface area contributed by atoms with Crippen LogP contribution in [-0.4, -0.2) is 47.9 Å². The summed E-state index contributed by atoms with van der Waals surface area (Å²) in [6.45, 7) is 7.12. The van der Waals surface area contributed by atoms with E-state index in [0.717, 1.165) is 17.7 Å². The van der Waals surface area contributed by atoms with E-state index in [9.17, 15) is 9.59 Å². The summed E-state index contributed by atoms with van der Waals surface area (Å²) in [5.74, 6) is 0.736. The van der Waals surface area contributed by atoms with Crippen molar-refractivity contribution in [2.75, 3.05) is 26.2 Å². The van der Waals surface area contributed by atoms with Gasteiger partial charge in [-0.3, -0.25) is 9.59 Å². The average Bonchev–Trinajstić information content (AvgIpc) is 3.13. The Morgan fingerprint density at radius 1 is 1.30 bits per heavy atom. The first-order valence-electron chi connectivity index (χ1n) is 9.31. The highest BCUT2D eigenvalue weighted by atomic mass is 32.1. The maximum atomic E-state index is 13.0. The second-order valence-electron chi connectivity index (χ2n) is 6.76. The molecule has 2 amide bonds. The van der Waals surface area contributed by atoms with Gasteiger partial charge >= 0.3 is 0 Å². The molecule has 0 spiro atoms. The number of aryl methyl sites for hydroxylation is 1. The molecule has 0 bridgehead atoms. The van der Waals surface area contributed by atoms with Crippen LogP contribution in [0.5, 0.6) is 5.75 Å². The van der Waals surface area contributed by atoms with E-state index < -0.39 is 0 Å². The summed E-state index contributed by atoms with van der Waals surface area (Å²) in [5, 5.41) is 2.08. The molecule has 0 unspecified atom stereocenters. The second-order valence-corrected chi connectivity index (χ2v) is 7.76. The van der Waals surface area contributed by atoms with Crippen LogP contribution in [0.4, 0.5) is 0 Å². The summed E-state index contributed by atoms with van der Waals surface area (Å²) >= 11 is 1.73. The van der Waals surface area contributed by atoms with Crippen LogP contribution < -0.4 is 4.74 Å². The number of fused-ring (bicyclic) bond motifs is 1. The zero-order valence-electron chi connectivity index (χ0n) is 16.1. The topological polar surface area (TPSA) is 49.9 Å². The lowest BCUT2D eigenvalue weighted by Gasteiger charge is -2.37. The lowest BCUT2D eigenvalue weighted by Crippen LogP contribution is -2.47. The number of hydrogen-bond donors (Lipinski definition) is 0. The molecule has 2 aromatic rings. The number of carbonyl (C=O) groups excluding carboxylic acids is 2. The number of thiophene rings is 1. The molecule has 0 aliphatic carbocycles. The molecule has 0 saturated heterocycles. The Bertz CT molecular complexity index is 817. The van der Waals surface area contributed by atoms with Crippen LogP contribution in [0.2, 0.25) is 0 Å². The van der Waals surface area contributed by atoms with Crippen molar-refractivity contribution >= 4 is 23.2 Å². The Labute approximate surface area is 164 Å². The maximum absolute atomic E-state index is 13.0. The molecule has 27 heavy (non-hydrogen) atoms. The molecule has 1 atom stereocenters. The van der Waals surface area contributed by atoms with Crippen LogP contribution in [0.25, 0.3) is 0 Å². The molecular formula is C21H26N2O3S. The van der Waals surface area contributed by atoms with Gasteiger partial charge in [0.1, 0.15) is 12.4 Å². The van der Waals surface area contributed by atoms with Crippen molar-refractivity contribution in [1.29, 1.82) is 0 Å². The Morgan fingerprint density at radius 3 is 2.78 bits per heavy atom. The Balaban J connectivity index is 1.79. The van der Waals surface area contributed by atoms with Gasteiger partial charge in [0.2, 0.25) is 11.8 Å². The van der Waals surface area contributed by atoms with Gasteiger partial charge in [0.05, 0.1) is 12.6 Å². The molecule has 1 aromatic heterocycles. The molecule has 0 fully saturated rings. The summed E-state index contributed by atoms with van der Waals surface area (Å²) in [4.78, 5) is 29.4. The van der Waals surface area contributed by atoms with E-state index in [0.29, 0.717) is 19.7 Å². The zero-order valence-corrected chi connectivity index (χ0v) is 16.9. The SMILES string of the molecule is CCN(CC(=O)N1CCc2sccc2[C@H]1COc1ccccc1C)C(C)=O. The highest BCUT2D eigenvalue weighted by Crippen LogP contribution is 2.34. The van der Waals surface area contributed by atoms with Gasteiger partial charge in [0, 0.05) is 24.9 Å².